The molecule has 2 saturated carbocycles. The van der Waals surface area contributed by atoms with Crippen LogP contribution in [0.2, 0.25) is 0 Å². The quantitative estimate of drug-likeness (QED) is 0.190. The van der Waals surface area contributed by atoms with E-state index in [1.165, 1.54) is 43.2 Å². The second-order valence-electron chi connectivity index (χ2n) is 17.1. The largest absolute Gasteiger partial charge is 0.508 e. The van der Waals surface area contributed by atoms with Gasteiger partial charge >= 0.3 is 11.9 Å². The summed E-state index contributed by atoms with van der Waals surface area (Å²) in [5.41, 5.74) is 8.11. The highest BCUT2D eigenvalue weighted by atomic mass is 16.5. The maximum atomic E-state index is 14.8. The molecule has 2 heterocycles. The number of carbonyl (C=O) groups excluding carboxylic acids is 2. The van der Waals surface area contributed by atoms with Gasteiger partial charge in [-0.2, -0.15) is 0 Å². The minimum absolute atomic E-state index is 0.0253. The van der Waals surface area contributed by atoms with E-state index in [0.29, 0.717) is 23.1 Å². The van der Waals surface area contributed by atoms with Crippen LogP contribution in [0.15, 0.2) is 113 Å². The predicted molar refractivity (Wildman–Crippen MR) is 220 cm³/mol. The molecule has 6 heteroatoms. The van der Waals surface area contributed by atoms with Crippen LogP contribution in [0.1, 0.15) is 108 Å². The van der Waals surface area contributed by atoms with Gasteiger partial charge in [-0.05, 0) is 139 Å². The van der Waals surface area contributed by atoms with Gasteiger partial charge in [0.1, 0.15) is 17.3 Å². The van der Waals surface area contributed by atoms with Gasteiger partial charge in [0.15, 0.2) is 0 Å². The molecule has 0 aromatic heterocycles. The van der Waals surface area contributed by atoms with Crippen LogP contribution >= 0.6 is 0 Å². The second-order valence-corrected chi connectivity index (χ2v) is 17.1. The molecule has 2 bridgehead atoms. The van der Waals surface area contributed by atoms with Crippen molar-refractivity contribution in [2.45, 2.75) is 110 Å². The summed E-state index contributed by atoms with van der Waals surface area (Å²) >= 11 is 0. The molecular weight excluding hydrogens is 695 g/mol. The van der Waals surface area contributed by atoms with Crippen molar-refractivity contribution in [1.82, 2.24) is 5.32 Å². The number of fused-ring (bicyclic) bond motifs is 1. The van der Waals surface area contributed by atoms with Crippen LogP contribution in [0.25, 0.3) is 16.7 Å². The number of rotatable bonds is 11. The standard InChI is InChI=1S/C50H55NO5/c1-3-5-19-42-40-23-22-39-38-24-25-50(46(39)45(40)48(53)55-42)43(28-31(4-2)26-32-13-8-6-9-14-32)56-49(54)47(50)44(38)41-29-36(52)20-21-37(41)34-16-12-15-33(27-34)30-51-35-17-10-7-11-18-35/h6,8-9,12-16,19-21,27-29,31,35,38-39,46,51-52H,3-5,7,10-11,17-18,22-26,30H2,1-2H3/b42-19-,43-28-/t31-,38-,39+,46-,50-/m1/s1. The molecule has 56 heavy (non-hydrogen) atoms. The number of aromatic hydroxyl groups is 1. The van der Waals surface area contributed by atoms with Gasteiger partial charge in [0.05, 0.1) is 11.0 Å². The van der Waals surface area contributed by atoms with Crippen molar-refractivity contribution in [2.75, 3.05) is 0 Å². The molecule has 10 rings (SSSR count). The molecule has 2 aliphatic heterocycles. The highest BCUT2D eigenvalue weighted by molar-refractivity contribution is 6.07. The van der Waals surface area contributed by atoms with Gasteiger partial charge in [0, 0.05) is 29.7 Å². The van der Waals surface area contributed by atoms with Crippen LogP contribution in [0.3, 0.4) is 0 Å². The van der Waals surface area contributed by atoms with Gasteiger partial charge in [-0.15, -0.1) is 0 Å². The summed E-state index contributed by atoms with van der Waals surface area (Å²) in [4.78, 5) is 28.9. The number of nitrogens with one attached hydrogen (secondary N) is 1. The molecule has 3 fully saturated rings. The zero-order valence-corrected chi connectivity index (χ0v) is 32.9. The molecule has 2 N–H and O–H groups in total. The number of hydrogen-bond acceptors (Lipinski definition) is 6. The van der Waals surface area contributed by atoms with E-state index in [-0.39, 0.29) is 41.4 Å². The van der Waals surface area contributed by atoms with Crippen molar-refractivity contribution in [1.29, 1.82) is 0 Å². The van der Waals surface area contributed by atoms with Crippen molar-refractivity contribution in [3.63, 3.8) is 0 Å². The Morgan fingerprint density at radius 2 is 1.68 bits per heavy atom. The summed E-state index contributed by atoms with van der Waals surface area (Å²) in [5.74, 6) is 1.09. The lowest BCUT2D eigenvalue weighted by atomic mass is 9.44. The van der Waals surface area contributed by atoms with Crippen molar-refractivity contribution in [3.05, 3.63) is 130 Å². The van der Waals surface area contributed by atoms with Crippen molar-refractivity contribution >= 4 is 17.5 Å². The lowest BCUT2D eigenvalue weighted by Gasteiger charge is -2.56. The van der Waals surface area contributed by atoms with Crippen LogP contribution in [0, 0.1) is 29.1 Å². The number of benzene rings is 3. The molecule has 0 radical (unpaired) electrons. The molecule has 1 saturated heterocycles. The third-order valence-electron chi connectivity index (χ3n) is 13.9. The van der Waals surface area contributed by atoms with E-state index in [4.69, 9.17) is 9.47 Å². The SMILES string of the molecule is CCC/C=C1\OC(=O)C2=C1CC[C@H]1[C@H]3CC[C@]4(C(=C3c3cc(O)ccc3-c3cccc(CNC5CCCCC5)c3)C(=O)O/C4=C\[C@H](CC)Cc3ccccc3)[C@@H]21. The Morgan fingerprint density at radius 3 is 2.48 bits per heavy atom. The minimum atomic E-state index is -0.801. The molecule has 7 aliphatic rings. The monoisotopic (exact) mass is 749 g/mol. The molecule has 0 amide bonds. The van der Waals surface area contributed by atoms with Gasteiger partial charge in [0.25, 0.3) is 0 Å². The molecule has 3 aromatic carbocycles. The first-order valence-corrected chi connectivity index (χ1v) is 21.4. The summed E-state index contributed by atoms with van der Waals surface area (Å²) in [6.45, 7) is 5.13. The first-order valence-electron chi connectivity index (χ1n) is 21.4. The lowest BCUT2D eigenvalue weighted by molar-refractivity contribution is -0.135. The number of carbonyl (C=O) groups is 2. The molecule has 3 aromatic rings. The van der Waals surface area contributed by atoms with Gasteiger partial charge in [-0.25, -0.2) is 9.59 Å². The van der Waals surface area contributed by atoms with Crippen molar-refractivity contribution in [3.8, 4) is 16.9 Å². The smallest absolute Gasteiger partial charge is 0.340 e. The van der Waals surface area contributed by atoms with Crippen LogP contribution in [-0.4, -0.2) is 23.1 Å². The van der Waals surface area contributed by atoms with Crippen molar-refractivity contribution < 1.29 is 24.2 Å². The van der Waals surface area contributed by atoms with Gasteiger partial charge in [-0.3, -0.25) is 0 Å². The number of allylic oxidation sites excluding steroid dienone is 5. The molecule has 1 spiro atoms. The van der Waals surface area contributed by atoms with Gasteiger partial charge in [-0.1, -0.05) is 94.1 Å². The Kier molecular flexibility index (Phi) is 10.1. The molecule has 290 valence electrons. The van der Waals surface area contributed by atoms with E-state index in [0.717, 1.165) is 91.3 Å². The summed E-state index contributed by atoms with van der Waals surface area (Å²) in [6.07, 6.45) is 17.5. The number of unbranched alkanes of at least 4 members (excludes halogenated alkanes) is 1. The highest BCUT2D eigenvalue weighted by Gasteiger charge is 2.68. The normalized spacial score (nSPS) is 27.7. The van der Waals surface area contributed by atoms with E-state index in [9.17, 15) is 14.7 Å². The summed E-state index contributed by atoms with van der Waals surface area (Å²) in [7, 11) is 0. The average Bonchev–Trinajstić information content (AvgIpc) is 3.71. The number of phenolic OH excluding ortho intramolecular Hbond substituents is 1. The van der Waals surface area contributed by atoms with E-state index >= 15 is 0 Å². The van der Waals surface area contributed by atoms with E-state index in [1.807, 2.05) is 18.2 Å². The molecule has 5 aliphatic carbocycles. The second kappa shape index (κ2) is 15.3. The molecule has 6 nitrogen and oxygen atoms in total. The number of esters is 2. The Balaban J connectivity index is 1.20. The summed E-state index contributed by atoms with van der Waals surface area (Å²) in [6, 6.07) is 25.4. The van der Waals surface area contributed by atoms with Crippen LogP contribution < -0.4 is 5.32 Å². The fourth-order valence-electron chi connectivity index (χ4n) is 11.4. The average molecular weight is 750 g/mol. The summed E-state index contributed by atoms with van der Waals surface area (Å²) < 4.78 is 12.6. The Labute approximate surface area is 331 Å². The number of hydrogen-bond donors (Lipinski definition) is 2. The third-order valence-corrected chi connectivity index (χ3v) is 13.9. The Hall–Kier alpha value is -4.68. The van der Waals surface area contributed by atoms with Gasteiger partial charge < -0.3 is 19.9 Å². The zero-order chi connectivity index (χ0) is 38.4. The number of phenols is 1. The highest BCUT2D eigenvalue weighted by Crippen LogP contribution is 2.72. The maximum Gasteiger partial charge on any atom is 0.340 e. The fourth-order valence-corrected chi connectivity index (χ4v) is 11.4. The predicted octanol–water partition coefficient (Wildman–Crippen LogP) is 10.9. The van der Waals surface area contributed by atoms with Crippen LogP contribution in [0.4, 0.5) is 0 Å². The molecule has 0 unspecified atom stereocenters. The topological polar surface area (TPSA) is 84.9 Å². The van der Waals surface area contributed by atoms with Crippen LogP contribution in [-0.2, 0) is 32.0 Å². The first kappa shape index (κ1) is 36.9. The fraction of sp³-hybridized carbons (Fsp3) is 0.440. The zero-order valence-electron chi connectivity index (χ0n) is 32.9. The molecular formula is C50H55NO5. The maximum absolute atomic E-state index is 14.8. The van der Waals surface area contributed by atoms with Crippen molar-refractivity contribution in [2.24, 2.45) is 29.1 Å². The van der Waals surface area contributed by atoms with E-state index in [2.05, 4.69) is 79.8 Å². The minimum Gasteiger partial charge on any atom is -0.508 e. The lowest BCUT2D eigenvalue weighted by Crippen LogP contribution is -2.52. The van der Waals surface area contributed by atoms with Gasteiger partial charge in [0.2, 0.25) is 0 Å². The van der Waals surface area contributed by atoms with E-state index < -0.39 is 5.41 Å². The van der Waals surface area contributed by atoms with Crippen LogP contribution in [0.5, 0.6) is 5.75 Å². The number of cyclic esters (lactones) is 2. The number of ether oxygens (including phenoxy) is 2. The Morgan fingerprint density at radius 1 is 0.857 bits per heavy atom. The summed E-state index contributed by atoms with van der Waals surface area (Å²) in [5, 5.41) is 15.0. The van der Waals surface area contributed by atoms with E-state index in [1.54, 1.807) is 6.07 Å². The first-order chi connectivity index (χ1) is 27.4. The third kappa shape index (κ3) is 6.38. The molecule has 5 atom stereocenters. The Bertz CT molecular complexity index is 2150.